The maximum absolute atomic E-state index is 9.69. The van der Waals surface area contributed by atoms with E-state index in [2.05, 4.69) is 0 Å². The molecule has 4 bridgehead atoms. The fraction of sp³-hybridized carbons (Fsp3) is 1.00. The molecule has 4 saturated heterocycles. The number of aliphatic hydroxyl groups excluding tert-OH is 2. The fourth-order valence-corrected chi connectivity index (χ4v) is 4.21. The first-order valence-electron chi connectivity index (χ1n) is 4.43. The molecule has 4 rings (SSSR count). The second-order valence-electron chi connectivity index (χ2n) is 3.88. The molecule has 4 heterocycles. The molecule has 0 unspecified atom stereocenters. The van der Waals surface area contributed by atoms with Crippen LogP contribution < -0.4 is 0 Å². The molecule has 0 amide bonds. The molecule has 4 heteroatoms. The SMILES string of the molecule is O[C@@H]1[C@H]2C[C@H]3S[C@@H]1C[C@@H](O2)[C@H]3O. The Bertz CT molecular complexity index is 160. The lowest BCUT2D eigenvalue weighted by Gasteiger charge is -2.53. The Morgan fingerprint density at radius 2 is 1.50 bits per heavy atom. The first-order chi connectivity index (χ1) is 5.75. The average molecular weight is 188 g/mol. The summed E-state index contributed by atoms with van der Waals surface area (Å²) in [7, 11) is 0. The predicted molar refractivity (Wildman–Crippen MR) is 45.1 cm³/mol. The highest BCUT2D eigenvalue weighted by molar-refractivity contribution is 8.00. The van der Waals surface area contributed by atoms with Crippen molar-refractivity contribution in [3.05, 3.63) is 0 Å². The molecular formula is C8H12O3S. The number of hydrogen-bond donors (Lipinski definition) is 2. The van der Waals surface area contributed by atoms with E-state index in [1.165, 1.54) is 0 Å². The third kappa shape index (κ3) is 0.839. The maximum Gasteiger partial charge on any atom is 0.0921 e. The highest BCUT2D eigenvalue weighted by Gasteiger charge is 2.53. The molecule has 4 fully saturated rings. The standard InChI is InChI=1S/C8H12O3S/c9-7-3-1-5-8(10)4(11-3)2-6(7)12-5/h3-10H,1-2H2/t3-,4-,5-,6-,7-,8-/m1/s1. The summed E-state index contributed by atoms with van der Waals surface area (Å²) in [5, 5.41) is 20.0. The van der Waals surface area contributed by atoms with E-state index >= 15 is 0 Å². The lowest BCUT2D eigenvalue weighted by molar-refractivity contribution is -0.184. The predicted octanol–water partition coefficient (Wildman–Crippen LogP) is -0.247. The molecule has 3 nitrogen and oxygen atoms in total. The third-order valence-electron chi connectivity index (χ3n) is 3.15. The van der Waals surface area contributed by atoms with Gasteiger partial charge in [0.1, 0.15) is 0 Å². The van der Waals surface area contributed by atoms with Crippen LogP contribution >= 0.6 is 11.8 Å². The normalized spacial score (nSPS) is 62.5. The van der Waals surface area contributed by atoms with E-state index in [1.807, 2.05) is 0 Å². The van der Waals surface area contributed by atoms with Gasteiger partial charge in [-0.15, -0.1) is 11.8 Å². The van der Waals surface area contributed by atoms with Gasteiger partial charge >= 0.3 is 0 Å². The molecule has 0 spiro atoms. The summed E-state index contributed by atoms with van der Waals surface area (Å²) in [6.07, 6.45) is 1.05. The molecule has 0 radical (unpaired) electrons. The molecule has 0 aliphatic carbocycles. The van der Waals surface area contributed by atoms with Crippen LogP contribution in [-0.4, -0.2) is 45.1 Å². The number of rotatable bonds is 0. The highest BCUT2D eigenvalue weighted by Crippen LogP contribution is 2.48. The molecular weight excluding hydrogens is 176 g/mol. The van der Waals surface area contributed by atoms with Crippen molar-refractivity contribution in [3.8, 4) is 0 Å². The van der Waals surface area contributed by atoms with Crippen molar-refractivity contribution in [2.45, 2.75) is 47.8 Å². The smallest absolute Gasteiger partial charge is 0.0921 e. The molecule has 2 N–H and O–H groups in total. The van der Waals surface area contributed by atoms with Gasteiger partial charge in [-0.05, 0) is 12.8 Å². The van der Waals surface area contributed by atoms with Crippen molar-refractivity contribution in [1.29, 1.82) is 0 Å². The van der Waals surface area contributed by atoms with Crippen LogP contribution in [-0.2, 0) is 4.74 Å². The zero-order valence-corrected chi connectivity index (χ0v) is 7.41. The van der Waals surface area contributed by atoms with Crippen LogP contribution in [0.15, 0.2) is 0 Å². The maximum atomic E-state index is 9.69. The molecule has 0 aromatic carbocycles. The summed E-state index contributed by atoms with van der Waals surface area (Å²) in [4.78, 5) is 0. The van der Waals surface area contributed by atoms with Crippen LogP contribution in [0.3, 0.4) is 0 Å². The van der Waals surface area contributed by atoms with Crippen molar-refractivity contribution >= 4 is 11.8 Å². The van der Waals surface area contributed by atoms with E-state index in [9.17, 15) is 10.2 Å². The molecule has 12 heavy (non-hydrogen) atoms. The van der Waals surface area contributed by atoms with Crippen LogP contribution in [0.5, 0.6) is 0 Å². The first-order valence-corrected chi connectivity index (χ1v) is 5.37. The van der Waals surface area contributed by atoms with Gasteiger partial charge in [-0.2, -0.15) is 0 Å². The summed E-state index contributed by atoms with van der Waals surface area (Å²) in [6, 6.07) is 0. The Labute approximate surface area is 75.1 Å². The minimum Gasteiger partial charge on any atom is -0.389 e. The van der Waals surface area contributed by atoms with Crippen molar-refractivity contribution in [3.63, 3.8) is 0 Å². The van der Waals surface area contributed by atoms with E-state index in [0.717, 1.165) is 12.8 Å². The van der Waals surface area contributed by atoms with Crippen LogP contribution in [0.2, 0.25) is 0 Å². The molecule has 6 atom stereocenters. The molecule has 68 valence electrons. The van der Waals surface area contributed by atoms with E-state index in [-0.39, 0.29) is 24.4 Å². The summed E-state index contributed by atoms with van der Waals surface area (Å²) in [5.41, 5.74) is 0. The first kappa shape index (κ1) is 7.62. The Morgan fingerprint density at radius 1 is 1.00 bits per heavy atom. The number of ether oxygens (including phenoxy) is 1. The number of hydrogen-bond acceptors (Lipinski definition) is 4. The summed E-state index contributed by atoms with van der Waals surface area (Å²) in [5.74, 6) is 0. The van der Waals surface area contributed by atoms with E-state index < -0.39 is 0 Å². The van der Waals surface area contributed by atoms with Crippen LogP contribution in [0.1, 0.15) is 12.8 Å². The molecule has 0 aromatic heterocycles. The van der Waals surface area contributed by atoms with Gasteiger partial charge in [0, 0.05) is 10.5 Å². The van der Waals surface area contributed by atoms with Gasteiger partial charge in [0.2, 0.25) is 0 Å². The van der Waals surface area contributed by atoms with E-state index in [1.54, 1.807) is 11.8 Å². The number of aliphatic hydroxyl groups is 2. The zero-order valence-electron chi connectivity index (χ0n) is 6.59. The Hall–Kier alpha value is 0.230. The monoisotopic (exact) mass is 188 g/mol. The lowest BCUT2D eigenvalue weighted by atomic mass is 9.86. The number of thioether (sulfide) groups is 1. The molecule has 4 aliphatic heterocycles. The second-order valence-corrected chi connectivity index (χ2v) is 5.36. The molecule has 0 saturated carbocycles. The van der Waals surface area contributed by atoms with Crippen molar-refractivity contribution in [1.82, 2.24) is 0 Å². The van der Waals surface area contributed by atoms with Gasteiger partial charge in [-0.1, -0.05) is 0 Å². The summed E-state index contributed by atoms with van der Waals surface area (Å²) < 4.78 is 5.53. The Balaban J connectivity index is 1.91. The van der Waals surface area contributed by atoms with Crippen molar-refractivity contribution in [2.24, 2.45) is 0 Å². The Kier molecular flexibility index (Phi) is 1.51. The minimum atomic E-state index is -0.296. The molecule has 4 aliphatic rings. The van der Waals surface area contributed by atoms with Gasteiger partial charge in [-0.3, -0.25) is 0 Å². The van der Waals surface area contributed by atoms with Crippen molar-refractivity contribution < 1.29 is 14.9 Å². The minimum absolute atomic E-state index is 0.00315. The lowest BCUT2D eigenvalue weighted by Crippen LogP contribution is -2.63. The largest absolute Gasteiger partial charge is 0.389 e. The van der Waals surface area contributed by atoms with E-state index in [0.29, 0.717) is 10.5 Å². The van der Waals surface area contributed by atoms with Gasteiger partial charge in [0.05, 0.1) is 24.4 Å². The van der Waals surface area contributed by atoms with Gasteiger partial charge < -0.3 is 14.9 Å². The topological polar surface area (TPSA) is 49.7 Å². The van der Waals surface area contributed by atoms with Gasteiger partial charge in [0.25, 0.3) is 0 Å². The average Bonchev–Trinajstić information content (AvgIpc) is 2.02. The second kappa shape index (κ2) is 2.38. The van der Waals surface area contributed by atoms with Crippen LogP contribution in [0.4, 0.5) is 0 Å². The highest BCUT2D eigenvalue weighted by atomic mass is 32.2. The quantitative estimate of drug-likeness (QED) is 0.550. The fourth-order valence-electron chi connectivity index (χ4n) is 2.49. The zero-order chi connectivity index (χ0) is 8.29. The Morgan fingerprint density at radius 3 is 1.92 bits per heavy atom. The summed E-state index contributed by atoms with van der Waals surface area (Å²) >= 11 is 1.74. The van der Waals surface area contributed by atoms with E-state index in [4.69, 9.17) is 4.74 Å². The van der Waals surface area contributed by atoms with Gasteiger partial charge in [-0.25, -0.2) is 0 Å². The van der Waals surface area contributed by atoms with Crippen LogP contribution in [0, 0.1) is 0 Å². The van der Waals surface area contributed by atoms with Gasteiger partial charge in [0.15, 0.2) is 0 Å². The van der Waals surface area contributed by atoms with Crippen LogP contribution in [0.25, 0.3) is 0 Å². The summed E-state index contributed by atoms with van der Waals surface area (Å²) in [6.45, 7) is 0. The van der Waals surface area contributed by atoms with Crippen molar-refractivity contribution in [2.75, 3.05) is 0 Å². The third-order valence-corrected chi connectivity index (χ3v) is 4.79. The molecule has 0 aromatic rings.